The predicted octanol–water partition coefficient (Wildman–Crippen LogP) is 0.154. The van der Waals surface area contributed by atoms with Crippen molar-refractivity contribution in [1.29, 1.82) is 0 Å². The Balaban J connectivity index is 2.05. The van der Waals surface area contributed by atoms with E-state index in [1.165, 1.54) is 6.42 Å². The fourth-order valence-electron chi connectivity index (χ4n) is 1.66. The molecule has 0 bridgehead atoms. The van der Waals surface area contributed by atoms with E-state index in [1.807, 2.05) is 0 Å². The number of nitrogens with two attached hydrogens (primary N) is 1. The van der Waals surface area contributed by atoms with Crippen molar-refractivity contribution in [3.63, 3.8) is 0 Å². The van der Waals surface area contributed by atoms with E-state index in [0.717, 1.165) is 25.9 Å². The van der Waals surface area contributed by atoms with Crippen molar-refractivity contribution in [1.82, 2.24) is 15.0 Å². The molecule has 82 valence electrons. The summed E-state index contributed by atoms with van der Waals surface area (Å²) in [5.41, 5.74) is 5.32. The number of nitrogens with zero attached hydrogens (tertiary/aromatic N) is 3. The second kappa shape index (κ2) is 4.39. The summed E-state index contributed by atoms with van der Waals surface area (Å²) in [4.78, 5) is 17.5. The van der Waals surface area contributed by atoms with Crippen LogP contribution in [0.25, 0.3) is 0 Å². The first-order valence-electron chi connectivity index (χ1n) is 5.13. The normalized spacial score (nSPS) is 16.7. The molecule has 1 aromatic rings. The molecule has 1 aliphatic rings. The highest BCUT2D eigenvalue weighted by Gasteiger charge is 2.22. The van der Waals surface area contributed by atoms with Crippen LogP contribution < -0.4 is 5.73 Å². The molecule has 0 radical (unpaired) electrons. The molecule has 0 spiro atoms. The van der Waals surface area contributed by atoms with Gasteiger partial charge in [-0.1, -0.05) is 5.16 Å². The third kappa shape index (κ3) is 2.15. The first-order chi connectivity index (χ1) is 7.31. The molecular weight excluding hydrogens is 196 g/mol. The Morgan fingerprint density at radius 3 is 2.73 bits per heavy atom. The molecule has 0 aliphatic carbocycles. The van der Waals surface area contributed by atoms with Crippen molar-refractivity contribution < 1.29 is 9.32 Å². The maximum absolute atomic E-state index is 11.8. The Kier molecular flexibility index (Phi) is 2.96. The van der Waals surface area contributed by atoms with Gasteiger partial charge in [-0.2, -0.15) is 4.98 Å². The van der Waals surface area contributed by atoms with Crippen molar-refractivity contribution in [2.45, 2.75) is 25.8 Å². The minimum atomic E-state index is -0.154. The van der Waals surface area contributed by atoms with Gasteiger partial charge < -0.3 is 15.2 Å². The summed E-state index contributed by atoms with van der Waals surface area (Å²) in [6.07, 6.45) is 3.28. The van der Waals surface area contributed by atoms with E-state index in [4.69, 9.17) is 10.3 Å². The van der Waals surface area contributed by atoms with E-state index in [9.17, 15) is 4.79 Å². The van der Waals surface area contributed by atoms with Gasteiger partial charge in [-0.15, -0.1) is 0 Å². The van der Waals surface area contributed by atoms with Crippen LogP contribution in [0.1, 0.15) is 35.8 Å². The molecule has 2 N–H and O–H groups in total. The fraction of sp³-hybridized carbons (Fsp3) is 0.667. The van der Waals surface area contributed by atoms with Crippen LogP contribution in [-0.2, 0) is 6.54 Å². The molecule has 15 heavy (non-hydrogen) atoms. The van der Waals surface area contributed by atoms with E-state index in [1.54, 1.807) is 4.90 Å². The second-order valence-corrected chi connectivity index (χ2v) is 3.57. The molecule has 1 fully saturated rings. The lowest BCUT2D eigenvalue weighted by Gasteiger charge is -2.25. The number of carbonyl (C=O) groups excluding carboxylic acids is 1. The van der Waals surface area contributed by atoms with Gasteiger partial charge in [0.2, 0.25) is 5.89 Å². The number of likely N-dealkylation sites (tertiary alicyclic amines) is 1. The number of rotatable bonds is 2. The highest BCUT2D eigenvalue weighted by Crippen LogP contribution is 2.11. The molecular formula is C9H14N4O2. The van der Waals surface area contributed by atoms with Gasteiger partial charge in [0.15, 0.2) is 0 Å². The minimum Gasteiger partial charge on any atom is -0.337 e. The average molecular weight is 210 g/mol. The molecule has 6 nitrogen and oxygen atoms in total. The fourth-order valence-corrected chi connectivity index (χ4v) is 1.66. The molecule has 1 aromatic heterocycles. The topological polar surface area (TPSA) is 85.2 Å². The number of amides is 1. The van der Waals surface area contributed by atoms with Crippen LogP contribution in [0.5, 0.6) is 0 Å². The van der Waals surface area contributed by atoms with Gasteiger partial charge in [0.1, 0.15) is 0 Å². The van der Waals surface area contributed by atoms with Gasteiger partial charge in [0.05, 0.1) is 6.54 Å². The maximum atomic E-state index is 11.8. The van der Waals surface area contributed by atoms with Crippen LogP contribution >= 0.6 is 0 Å². The number of hydrogen-bond donors (Lipinski definition) is 1. The zero-order valence-electron chi connectivity index (χ0n) is 8.48. The number of piperidine rings is 1. The van der Waals surface area contributed by atoms with Crippen molar-refractivity contribution in [3.8, 4) is 0 Å². The summed E-state index contributed by atoms with van der Waals surface area (Å²) in [5.74, 6) is 0.269. The largest absolute Gasteiger partial charge is 0.337 e. The molecule has 2 rings (SSSR count). The number of aromatic nitrogens is 2. The lowest BCUT2D eigenvalue weighted by atomic mass is 10.1. The summed E-state index contributed by atoms with van der Waals surface area (Å²) in [5, 5.41) is 3.60. The summed E-state index contributed by atoms with van der Waals surface area (Å²) in [6, 6.07) is 0. The lowest BCUT2D eigenvalue weighted by molar-refractivity contribution is 0.0708. The van der Waals surface area contributed by atoms with Gasteiger partial charge in [0.25, 0.3) is 11.7 Å². The Morgan fingerprint density at radius 1 is 1.40 bits per heavy atom. The smallest absolute Gasteiger partial charge is 0.295 e. The minimum absolute atomic E-state index is 0.123. The maximum Gasteiger partial charge on any atom is 0.295 e. The third-order valence-electron chi connectivity index (χ3n) is 2.48. The van der Waals surface area contributed by atoms with Crippen molar-refractivity contribution in [2.75, 3.05) is 13.1 Å². The highest BCUT2D eigenvalue weighted by atomic mass is 16.5. The van der Waals surface area contributed by atoms with E-state index >= 15 is 0 Å². The molecule has 2 heterocycles. The third-order valence-corrected chi connectivity index (χ3v) is 2.48. The first kappa shape index (κ1) is 10.1. The van der Waals surface area contributed by atoms with Crippen molar-refractivity contribution in [2.24, 2.45) is 5.73 Å². The molecule has 0 aromatic carbocycles. The zero-order valence-corrected chi connectivity index (χ0v) is 8.48. The number of hydrogen-bond acceptors (Lipinski definition) is 5. The molecule has 0 unspecified atom stereocenters. The van der Waals surface area contributed by atoms with Gasteiger partial charge in [0, 0.05) is 13.1 Å². The Morgan fingerprint density at radius 2 is 2.13 bits per heavy atom. The van der Waals surface area contributed by atoms with Crippen LogP contribution in [0.4, 0.5) is 0 Å². The first-order valence-corrected chi connectivity index (χ1v) is 5.13. The summed E-state index contributed by atoms with van der Waals surface area (Å²) in [7, 11) is 0. The van der Waals surface area contributed by atoms with Crippen LogP contribution in [0.3, 0.4) is 0 Å². The van der Waals surface area contributed by atoms with Crippen LogP contribution in [0, 0.1) is 0 Å². The molecule has 6 heteroatoms. The van der Waals surface area contributed by atoms with Crippen LogP contribution in [-0.4, -0.2) is 34.0 Å². The quantitative estimate of drug-likeness (QED) is 0.751. The molecule has 1 saturated heterocycles. The Hall–Kier alpha value is -1.43. The average Bonchev–Trinajstić information content (AvgIpc) is 2.78. The summed E-state index contributed by atoms with van der Waals surface area (Å²) in [6.45, 7) is 1.73. The van der Waals surface area contributed by atoms with E-state index in [2.05, 4.69) is 10.1 Å². The molecule has 1 amide bonds. The van der Waals surface area contributed by atoms with E-state index in [0.29, 0.717) is 5.89 Å². The summed E-state index contributed by atoms with van der Waals surface area (Å²) >= 11 is 0. The van der Waals surface area contributed by atoms with Crippen LogP contribution in [0.15, 0.2) is 4.52 Å². The molecule has 1 aliphatic heterocycles. The predicted molar refractivity (Wildman–Crippen MR) is 51.9 cm³/mol. The van der Waals surface area contributed by atoms with Gasteiger partial charge in [-0.05, 0) is 19.3 Å². The SMILES string of the molecule is NCc1nc(C(=O)N2CCCCC2)no1. The van der Waals surface area contributed by atoms with E-state index < -0.39 is 0 Å². The van der Waals surface area contributed by atoms with Crippen molar-refractivity contribution in [3.05, 3.63) is 11.7 Å². The van der Waals surface area contributed by atoms with E-state index in [-0.39, 0.29) is 18.3 Å². The van der Waals surface area contributed by atoms with Gasteiger partial charge in [-0.3, -0.25) is 4.79 Å². The monoisotopic (exact) mass is 210 g/mol. The molecule has 0 atom stereocenters. The highest BCUT2D eigenvalue weighted by molar-refractivity contribution is 5.90. The van der Waals surface area contributed by atoms with Crippen molar-refractivity contribution >= 4 is 5.91 Å². The molecule has 0 saturated carbocycles. The Bertz CT molecular complexity index is 344. The van der Waals surface area contributed by atoms with Gasteiger partial charge in [-0.25, -0.2) is 0 Å². The second-order valence-electron chi connectivity index (χ2n) is 3.57. The standard InChI is InChI=1S/C9H14N4O2/c10-6-7-11-8(12-15-7)9(14)13-4-2-1-3-5-13/h1-6,10H2. The number of carbonyl (C=O) groups is 1. The zero-order chi connectivity index (χ0) is 10.7. The van der Waals surface area contributed by atoms with Crippen LogP contribution in [0.2, 0.25) is 0 Å². The van der Waals surface area contributed by atoms with Gasteiger partial charge >= 0.3 is 0 Å². The lowest BCUT2D eigenvalue weighted by Crippen LogP contribution is -2.36. The summed E-state index contributed by atoms with van der Waals surface area (Å²) < 4.78 is 4.79. The Labute approximate surface area is 87.4 Å².